The van der Waals surface area contributed by atoms with Crippen molar-refractivity contribution in [1.29, 1.82) is 0 Å². The SMILES string of the molecule is CCCCC(CN)NC(=O)COc1cccc(C(C)=O)c1. The molecule has 1 aromatic carbocycles. The summed E-state index contributed by atoms with van der Waals surface area (Å²) in [5.74, 6) is 0.276. The molecule has 1 aromatic rings. The van der Waals surface area contributed by atoms with E-state index in [1.807, 2.05) is 0 Å². The van der Waals surface area contributed by atoms with Gasteiger partial charge in [-0.15, -0.1) is 0 Å². The summed E-state index contributed by atoms with van der Waals surface area (Å²) in [6.45, 7) is 3.93. The van der Waals surface area contributed by atoms with Gasteiger partial charge in [0.05, 0.1) is 0 Å². The number of amides is 1. The maximum Gasteiger partial charge on any atom is 0.258 e. The lowest BCUT2D eigenvalue weighted by Crippen LogP contribution is -2.42. The van der Waals surface area contributed by atoms with Crippen molar-refractivity contribution < 1.29 is 14.3 Å². The van der Waals surface area contributed by atoms with E-state index in [0.29, 0.717) is 17.9 Å². The van der Waals surface area contributed by atoms with Crippen LogP contribution in [0.1, 0.15) is 43.5 Å². The van der Waals surface area contributed by atoms with Gasteiger partial charge >= 0.3 is 0 Å². The number of unbranched alkanes of at least 4 members (excludes halogenated alkanes) is 1. The van der Waals surface area contributed by atoms with Crippen LogP contribution in [-0.2, 0) is 4.79 Å². The highest BCUT2D eigenvalue weighted by Crippen LogP contribution is 2.13. The van der Waals surface area contributed by atoms with Crippen LogP contribution in [0.15, 0.2) is 24.3 Å². The second kappa shape index (κ2) is 9.13. The molecular formula is C16H24N2O3. The number of hydrogen-bond donors (Lipinski definition) is 2. The predicted molar refractivity (Wildman–Crippen MR) is 82.5 cm³/mol. The van der Waals surface area contributed by atoms with Crippen LogP contribution < -0.4 is 15.8 Å². The maximum absolute atomic E-state index is 11.8. The third-order valence-corrected chi connectivity index (χ3v) is 3.17. The molecule has 116 valence electrons. The number of benzene rings is 1. The van der Waals surface area contributed by atoms with E-state index in [9.17, 15) is 9.59 Å². The highest BCUT2D eigenvalue weighted by Gasteiger charge is 2.11. The Balaban J connectivity index is 2.45. The molecule has 0 spiro atoms. The Kier molecular flexibility index (Phi) is 7.46. The fourth-order valence-electron chi connectivity index (χ4n) is 1.92. The standard InChI is InChI=1S/C16H24N2O3/c1-3-4-7-14(10-17)18-16(20)11-21-15-8-5-6-13(9-15)12(2)19/h5-6,8-9,14H,3-4,7,10-11,17H2,1-2H3,(H,18,20). The van der Waals surface area contributed by atoms with Crippen molar-refractivity contribution in [3.05, 3.63) is 29.8 Å². The fourth-order valence-corrected chi connectivity index (χ4v) is 1.92. The molecule has 0 saturated heterocycles. The van der Waals surface area contributed by atoms with Crippen molar-refractivity contribution in [1.82, 2.24) is 5.32 Å². The van der Waals surface area contributed by atoms with Crippen LogP contribution in [0.4, 0.5) is 0 Å². The number of rotatable bonds is 9. The molecule has 5 heteroatoms. The molecule has 0 fully saturated rings. The van der Waals surface area contributed by atoms with Gasteiger partial charge in [0, 0.05) is 18.2 Å². The van der Waals surface area contributed by atoms with E-state index in [1.165, 1.54) is 6.92 Å². The average Bonchev–Trinajstić information content (AvgIpc) is 2.49. The molecule has 0 aliphatic rings. The molecule has 5 nitrogen and oxygen atoms in total. The second-order valence-corrected chi connectivity index (χ2v) is 5.02. The summed E-state index contributed by atoms with van der Waals surface area (Å²) in [5, 5.41) is 2.85. The van der Waals surface area contributed by atoms with E-state index < -0.39 is 0 Å². The Hall–Kier alpha value is -1.88. The lowest BCUT2D eigenvalue weighted by molar-refractivity contribution is -0.123. The zero-order valence-corrected chi connectivity index (χ0v) is 12.7. The Morgan fingerprint density at radius 1 is 1.38 bits per heavy atom. The molecule has 1 rings (SSSR count). The third-order valence-electron chi connectivity index (χ3n) is 3.17. The van der Waals surface area contributed by atoms with Crippen LogP contribution in [0.2, 0.25) is 0 Å². The molecule has 21 heavy (non-hydrogen) atoms. The van der Waals surface area contributed by atoms with Gasteiger partial charge in [0.2, 0.25) is 0 Å². The third kappa shape index (κ3) is 6.40. The number of Topliss-reactive ketones (excluding diaryl/α,β-unsaturated/α-hetero) is 1. The molecule has 0 radical (unpaired) electrons. The van der Waals surface area contributed by atoms with E-state index in [1.54, 1.807) is 24.3 Å². The molecule has 0 aliphatic carbocycles. The topological polar surface area (TPSA) is 81.4 Å². The summed E-state index contributed by atoms with van der Waals surface area (Å²) in [6, 6.07) is 6.78. The van der Waals surface area contributed by atoms with E-state index in [2.05, 4.69) is 12.2 Å². The molecule has 0 saturated carbocycles. The zero-order valence-electron chi connectivity index (χ0n) is 12.7. The summed E-state index contributed by atoms with van der Waals surface area (Å²) in [7, 11) is 0. The minimum absolute atomic E-state index is 0.00963. The number of nitrogens with two attached hydrogens (primary N) is 1. The van der Waals surface area contributed by atoms with Crippen molar-refractivity contribution in [2.45, 2.75) is 39.2 Å². The van der Waals surface area contributed by atoms with E-state index in [-0.39, 0.29) is 24.3 Å². The van der Waals surface area contributed by atoms with E-state index in [0.717, 1.165) is 19.3 Å². The van der Waals surface area contributed by atoms with Gasteiger partial charge < -0.3 is 15.8 Å². The minimum Gasteiger partial charge on any atom is -0.484 e. The molecule has 1 atom stereocenters. The van der Waals surface area contributed by atoms with Gasteiger partial charge in [0.1, 0.15) is 5.75 Å². The van der Waals surface area contributed by atoms with Gasteiger partial charge in [0.15, 0.2) is 12.4 Å². The van der Waals surface area contributed by atoms with Crippen LogP contribution in [0, 0.1) is 0 Å². The van der Waals surface area contributed by atoms with Gasteiger partial charge in [-0.3, -0.25) is 9.59 Å². The van der Waals surface area contributed by atoms with Crippen LogP contribution in [-0.4, -0.2) is 30.9 Å². The molecule has 1 amide bonds. The quantitative estimate of drug-likeness (QED) is 0.681. The molecule has 0 aliphatic heterocycles. The summed E-state index contributed by atoms with van der Waals surface area (Å²) in [6.07, 6.45) is 2.98. The highest BCUT2D eigenvalue weighted by molar-refractivity contribution is 5.94. The first-order chi connectivity index (χ1) is 10.1. The number of nitrogens with one attached hydrogen (secondary N) is 1. The molecular weight excluding hydrogens is 268 g/mol. The van der Waals surface area contributed by atoms with Gasteiger partial charge in [-0.2, -0.15) is 0 Å². The average molecular weight is 292 g/mol. The number of carbonyl (C=O) groups is 2. The van der Waals surface area contributed by atoms with Crippen LogP contribution in [0.25, 0.3) is 0 Å². The summed E-state index contributed by atoms with van der Waals surface area (Å²) < 4.78 is 5.40. The smallest absolute Gasteiger partial charge is 0.258 e. The van der Waals surface area contributed by atoms with Crippen LogP contribution >= 0.6 is 0 Å². The number of hydrogen-bond acceptors (Lipinski definition) is 4. The molecule has 0 bridgehead atoms. The lowest BCUT2D eigenvalue weighted by Gasteiger charge is -2.16. The van der Waals surface area contributed by atoms with Crippen LogP contribution in [0.5, 0.6) is 5.75 Å². The van der Waals surface area contributed by atoms with Crippen molar-refractivity contribution in [2.24, 2.45) is 5.73 Å². The maximum atomic E-state index is 11.8. The van der Waals surface area contributed by atoms with Gasteiger partial charge in [-0.25, -0.2) is 0 Å². The van der Waals surface area contributed by atoms with Crippen molar-refractivity contribution in [3.63, 3.8) is 0 Å². The van der Waals surface area contributed by atoms with Crippen molar-refractivity contribution in [2.75, 3.05) is 13.2 Å². The largest absolute Gasteiger partial charge is 0.484 e. The molecule has 0 aromatic heterocycles. The van der Waals surface area contributed by atoms with Crippen molar-refractivity contribution in [3.8, 4) is 5.75 Å². The van der Waals surface area contributed by atoms with E-state index >= 15 is 0 Å². The number of ether oxygens (including phenoxy) is 1. The first kappa shape index (κ1) is 17.2. The predicted octanol–water partition coefficient (Wildman–Crippen LogP) is 1.90. The van der Waals surface area contributed by atoms with E-state index in [4.69, 9.17) is 10.5 Å². The second-order valence-electron chi connectivity index (χ2n) is 5.02. The number of carbonyl (C=O) groups excluding carboxylic acids is 2. The Labute approximate surface area is 125 Å². The van der Waals surface area contributed by atoms with Gasteiger partial charge in [-0.05, 0) is 25.5 Å². The fraction of sp³-hybridized carbons (Fsp3) is 0.500. The van der Waals surface area contributed by atoms with Crippen LogP contribution in [0.3, 0.4) is 0 Å². The lowest BCUT2D eigenvalue weighted by atomic mass is 10.1. The summed E-state index contributed by atoms with van der Waals surface area (Å²) in [4.78, 5) is 23.1. The Morgan fingerprint density at radius 3 is 2.76 bits per heavy atom. The van der Waals surface area contributed by atoms with Gasteiger partial charge in [0.25, 0.3) is 5.91 Å². The van der Waals surface area contributed by atoms with Gasteiger partial charge in [-0.1, -0.05) is 31.9 Å². The normalized spacial score (nSPS) is 11.8. The Morgan fingerprint density at radius 2 is 2.14 bits per heavy atom. The first-order valence-corrected chi connectivity index (χ1v) is 7.30. The zero-order chi connectivity index (χ0) is 15.7. The summed E-state index contributed by atoms with van der Waals surface area (Å²) in [5.41, 5.74) is 6.19. The minimum atomic E-state index is -0.199. The Bertz CT molecular complexity index is 474. The molecule has 3 N–H and O–H groups in total. The highest BCUT2D eigenvalue weighted by atomic mass is 16.5. The summed E-state index contributed by atoms with van der Waals surface area (Å²) >= 11 is 0. The van der Waals surface area contributed by atoms with Crippen molar-refractivity contribution >= 4 is 11.7 Å². The molecule has 0 heterocycles. The number of ketones is 1. The monoisotopic (exact) mass is 292 g/mol. The molecule has 1 unspecified atom stereocenters. The first-order valence-electron chi connectivity index (χ1n) is 7.30.